The molecule has 0 aromatic carbocycles. The quantitative estimate of drug-likeness (QED) is 0.792. The molecular formula is C9H14N4Y-2. The van der Waals surface area contributed by atoms with E-state index in [1.807, 2.05) is 4.90 Å². The van der Waals surface area contributed by atoms with Crippen molar-refractivity contribution in [1.29, 1.82) is 0 Å². The molecule has 5 heteroatoms. The topological polar surface area (TPSA) is 68.2 Å². The molecule has 0 amide bonds. The number of hydrogen-bond donors (Lipinski definition) is 2. The molecule has 0 aliphatic carbocycles. The van der Waals surface area contributed by atoms with Crippen molar-refractivity contribution in [3.8, 4) is 0 Å². The van der Waals surface area contributed by atoms with E-state index < -0.39 is 0 Å². The van der Waals surface area contributed by atoms with E-state index in [2.05, 4.69) is 18.8 Å². The van der Waals surface area contributed by atoms with E-state index in [-0.39, 0.29) is 32.7 Å². The van der Waals surface area contributed by atoms with E-state index >= 15 is 0 Å². The van der Waals surface area contributed by atoms with Crippen molar-refractivity contribution < 1.29 is 32.7 Å². The number of nitrogens with zero attached hydrogens (tertiary/aromatic N) is 2. The van der Waals surface area contributed by atoms with Crippen LogP contribution in [-0.4, -0.2) is 18.1 Å². The molecule has 1 aromatic heterocycles. The van der Waals surface area contributed by atoms with Crippen LogP contribution < -0.4 is 16.4 Å². The molecule has 75 valence electrons. The van der Waals surface area contributed by atoms with Crippen LogP contribution in [0.2, 0.25) is 0 Å². The van der Waals surface area contributed by atoms with E-state index in [1.54, 1.807) is 12.3 Å². The summed E-state index contributed by atoms with van der Waals surface area (Å²) in [7, 11) is 0. The van der Waals surface area contributed by atoms with E-state index in [0.717, 1.165) is 0 Å². The molecular weight excluding hydrogens is 253 g/mol. The number of nitrogens with two attached hydrogens (primary N) is 2. The molecule has 0 unspecified atom stereocenters. The number of pyridine rings is 1. The Bertz CT molecular complexity index is 286. The average molecular weight is 267 g/mol. The predicted octanol–water partition coefficient (Wildman–Crippen LogP) is 0.718. The van der Waals surface area contributed by atoms with Crippen LogP contribution in [0.1, 0.15) is 0 Å². The molecule has 1 aromatic rings. The van der Waals surface area contributed by atoms with Gasteiger partial charge in [-0.3, -0.25) is 0 Å². The van der Waals surface area contributed by atoms with E-state index in [1.165, 1.54) is 0 Å². The van der Waals surface area contributed by atoms with Gasteiger partial charge in [-0.1, -0.05) is 0 Å². The van der Waals surface area contributed by atoms with Crippen LogP contribution in [0.3, 0.4) is 0 Å². The van der Waals surface area contributed by atoms with Gasteiger partial charge in [-0.15, -0.1) is 13.1 Å². The van der Waals surface area contributed by atoms with E-state index in [0.29, 0.717) is 30.3 Å². The Morgan fingerprint density at radius 3 is 2.29 bits per heavy atom. The molecule has 0 saturated heterocycles. The minimum absolute atomic E-state index is 0. The molecule has 4 nitrogen and oxygen atoms in total. The van der Waals surface area contributed by atoms with Crippen molar-refractivity contribution >= 4 is 17.2 Å². The fourth-order valence-electron chi connectivity index (χ4n) is 1.08. The summed E-state index contributed by atoms with van der Waals surface area (Å²) in [6.45, 7) is 8.69. The van der Waals surface area contributed by atoms with E-state index in [4.69, 9.17) is 11.5 Å². The van der Waals surface area contributed by atoms with Crippen LogP contribution in [0.25, 0.3) is 0 Å². The molecule has 0 bridgehead atoms. The standard InChI is InChI=1S/C9H14N4.Y/c1-3-13(4-2)9-8(11)5-7(10)6-12-9;/h5-6H,1-4,10-11H2;/q-2;. The van der Waals surface area contributed by atoms with Gasteiger partial charge in [0, 0.05) is 32.7 Å². The third-order valence-electron chi connectivity index (χ3n) is 1.76. The number of nitrogen functional groups attached to an aromatic ring is 2. The molecule has 1 rings (SSSR count). The number of hydrogen-bond acceptors (Lipinski definition) is 4. The van der Waals surface area contributed by atoms with Gasteiger partial charge in [-0.05, 0) is 6.07 Å². The van der Waals surface area contributed by atoms with Crippen LogP contribution in [0, 0.1) is 13.8 Å². The zero-order valence-corrected chi connectivity index (χ0v) is 10.9. The monoisotopic (exact) mass is 267 g/mol. The third kappa shape index (κ3) is 3.10. The Hall–Kier alpha value is -0.346. The van der Waals surface area contributed by atoms with E-state index in [9.17, 15) is 0 Å². The van der Waals surface area contributed by atoms with Gasteiger partial charge in [0.1, 0.15) is 5.82 Å². The summed E-state index contributed by atoms with van der Waals surface area (Å²) in [6, 6.07) is 1.68. The molecule has 0 fully saturated rings. The normalized spacial score (nSPS) is 9.29. The molecule has 1 radical (unpaired) electrons. The Kier molecular flexibility index (Phi) is 6.04. The summed E-state index contributed by atoms with van der Waals surface area (Å²) < 4.78 is 0. The Morgan fingerprint density at radius 2 is 1.86 bits per heavy atom. The average Bonchev–Trinajstić information content (AvgIpc) is 2.10. The third-order valence-corrected chi connectivity index (χ3v) is 1.76. The molecule has 0 atom stereocenters. The summed E-state index contributed by atoms with van der Waals surface area (Å²) >= 11 is 0. The Balaban J connectivity index is 0.00000169. The maximum Gasteiger partial charge on any atom is 0.147 e. The van der Waals surface area contributed by atoms with Gasteiger partial charge in [0.15, 0.2) is 0 Å². The fourth-order valence-corrected chi connectivity index (χ4v) is 1.08. The van der Waals surface area contributed by atoms with Crippen molar-refractivity contribution in [3.05, 3.63) is 26.1 Å². The Morgan fingerprint density at radius 1 is 1.29 bits per heavy atom. The summed E-state index contributed by atoms with van der Waals surface area (Å²) in [4.78, 5) is 5.99. The van der Waals surface area contributed by atoms with Gasteiger partial charge < -0.3 is 30.2 Å². The van der Waals surface area contributed by atoms with Crippen molar-refractivity contribution in [2.24, 2.45) is 0 Å². The van der Waals surface area contributed by atoms with Crippen LogP contribution in [0.5, 0.6) is 0 Å². The molecule has 4 N–H and O–H groups in total. The fraction of sp³-hybridized carbons (Fsp3) is 0.222. The molecule has 0 spiro atoms. The summed E-state index contributed by atoms with van der Waals surface area (Å²) in [5.74, 6) is 0.694. The summed E-state index contributed by atoms with van der Waals surface area (Å²) in [5, 5.41) is 0. The number of rotatable bonds is 3. The molecule has 0 saturated carbocycles. The zero-order chi connectivity index (χ0) is 9.84. The number of aromatic nitrogens is 1. The zero-order valence-electron chi connectivity index (χ0n) is 8.11. The molecule has 1 heterocycles. The summed E-state index contributed by atoms with van der Waals surface area (Å²) in [6.07, 6.45) is 1.57. The first kappa shape index (κ1) is 13.7. The molecule has 0 aliphatic rings. The first-order valence-electron chi connectivity index (χ1n) is 4.03. The van der Waals surface area contributed by atoms with Crippen molar-refractivity contribution in [1.82, 2.24) is 4.98 Å². The van der Waals surface area contributed by atoms with Crippen LogP contribution in [-0.2, 0) is 32.7 Å². The second-order valence-electron chi connectivity index (χ2n) is 2.67. The maximum atomic E-state index is 5.73. The van der Waals surface area contributed by atoms with Gasteiger partial charge in [-0.25, -0.2) is 4.98 Å². The molecule has 0 aliphatic heterocycles. The van der Waals surface area contributed by atoms with Gasteiger partial charge in [0.25, 0.3) is 0 Å². The van der Waals surface area contributed by atoms with Crippen LogP contribution in [0.15, 0.2) is 12.3 Å². The maximum absolute atomic E-state index is 5.73. The van der Waals surface area contributed by atoms with Gasteiger partial charge in [-0.2, -0.15) is 0 Å². The largest absolute Gasteiger partial charge is 0.415 e. The summed E-state index contributed by atoms with van der Waals surface area (Å²) in [5.41, 5.74) is 12.4. The first-order valence-corrected chi connectivity index (χ1v) is 4.03. The molecule has 14 heavy (non-hydrogen) atoms. The Labute approximate surface area is 110 Å². The van der Waals surface area contributed by atoms with Crippen molar-refractivity contribution in [3.63, 3.8) is 0 Å². The SMILES string of the molecule is [CH2-]CN(C[CH2-])c1ncc(N)cc1N.[Y]. The minimum atomic E-state index is 0. The van der Waals surface area contributed by atoms with Gasteiger partial charge in [0.2, 0.25) is 0 Å². The van der Waals surface area contributed by atoms with Gasteiger partial charge >= 0.3 is 0 Å². The minimum Gasteiger partial charge on any atom is -0.415 e. The van der Waals surface area contributed by atoms with Gasteiger partial charge in [0.05, 0.1) is 17.6 Å². The van der Waals surface area contributed by atoms with Crippen LogP contribution in [0.4, 0.5) is 17.2 Å². The van der Waals surface area contributed by atoms with Crippen LogP contribution >= 0.6 is 0 Å². The predicted molar refractivity (Wildman–Crippen MR) is 56.0 cm³/mol. The first-order chi connectivity index (χ1) is 6.19. The smallest absolute Gasteiger partial charge is 0.147 e. The second kappa shape index (κ2) is 6.20. The van der Waals surface area contributed by atoms with Crippen molar-refractivity contribution in [2.75, 3.05) is 29.5 Å². The second-order valence-corrected chi connectivity index (χ2v) is 2.67. The van der Waals surface area contributed by atoms with Crippen molar-refractivity contribution in [2.45, 2.75) is 0 Å². The number of anilines is 3.